The van der Waals surface area contributed by atoms with E-state index in [-0.39, 0.29) is 18.4 Å². The van der Waals surface area contributed by atoms with Gasteiger partial charge in [-0.2, -0.15) is 0 Å². The molecule has 1 saturated carbocycles. The first-order chi connectivity index (χ1) is 12.5. The van der Waals surface area contributed by atoms with Crippen LogP contribution in [0.15, 0.2) is 18.2 Å². The Balaban J connectivity index is 1.43. The summed E-state index contributed by atoms with van der Waals surface area (Å²) in [6.07, 6.45) is 4.19. The summed E-state index contributed by atoms with van der Waals surface area (Å²) in [7, 11) is 0. The van der Waals surface area contributed by atoms with Crippen molar-refractivity contribution >= 4 is 17.9 Å². The van der Waals surface area contributed by atoms with E-state index in [1.54, 1.807) is 6.07 Å². The molecule has 3 amide bonds. The van der Waals surface area contributed by atoms with Gasteiger partial charge in [-0.05, 0) is 37.0 Å². The van der Waals surface area contributed by atoms with Gasteiger partial charge in [-0.1, -0.05) is 19.8 Å². The van der Waals surface area contributed by atoms with E-state index in [4.69, 9.17) is 14.2 Å². The Hall–Kier alpha value is -2.77. The van der Waals surface area contributed by atoms with Crippen LogP contribution in [0.25, 0.3) is 0 Å². The number of imide groups is 1. The third-order valence-electron chi connectivity index (χ3n) is 4.62. The van der Waals surface area contributed by atoms with Gasteiger partial charge in [0.05, 0.1) is 5.56 Å². The van der Waals surface area contributed by atoms with Crippen LogP contribution in [-0.2, 0) is 9.53 Å². The second kappa shape index (κ2) is 8.07. The first-order valence-corrected chi connectivity index (χ1v) is 8.70. The van der Waals surface area contributed by atoms with Crippen molar-refractivity contribution in [2.24, 2.45) is 5.92 Å². The van der Waals surface area contributed by atoms with Gasteiger partial charge >= 0.3 is 12.0 Å². The normalized spacial score (nSPS) is 21.0. The molecule has 8 heteroatoms. The van der Waals surface area contributed by atoms with E-state index in [1.807, 2.05) is 0 Å². The van der Waals surface area contributed by atoms with E-state index in [0.717, 1.165) is 25.7 Å². The molecule has 0 radical (unpaired) electrons. The molecule has 3 rings (SSSR count). The zero-order valence-corrected chi connectivity index (χ0v) is 14.6. The van der Waals surface area contributed by atoms with Gasteiger partial charge in [-0.15, -0.1) is 0 Å². The predicted molar refractivity (Wildman–Crippen MR) is 90.9 cm³/mol. The lowest BCUT2D eigenvalue weighted by Gasteiger charge is -2.29. The Morgan fingerprint density at radius 1 is 1.15 bits per heavy atom. The standard InChI is InChI=1S/C18H22N2O6/c1-11-4-2-3-5-13(11)19-18(23)20-16(21)9-24-17(22)12-6-7-14-15(8-12)26-10-25-14/h6-8,11,13H,2-5,9-10H2,1H3,(H2,19,20,21,23)/t11-,13-/m1/s1. The molecule has 1 aliphatic carbocycles. The molecule has 140 valence electrons. The van der Waals surface area contributed by atoms with Crippen LogP contribution in [0.4, 0.5) is 4.79 Å². The monoisotopic (exact) mass is 362 g/mol. The first-order valence-electron chi connectivity index (χ1n) is 8.70. The zero-order chi connectivity index (χ0) is 18.5. The predicted octanol–water partition coefficient (Wildman–Crippen LogP) is 1.98. The number of ether oxygens (including phenoxy) is 3. The average Bonchev–Trinajstić information content (AvgIpc) is 3.09. The van der Waals surface area contributed by atoms with E-state index in [1.165, 1.54) is 12.1 Å². The molecule has 2 atom stereocenters. The lowest BCUT2D eigenvalue weighted by Crippen LogP contribution is -2.48. The molecular formula is C18H22N2O6. The summed E-state index contributed by atoms with van der Waals surface area (Å²) in [5, 5.41) is 4.99. The van der Waals surface area contributed by atoms with Crippen molar-refractivity contribution in [1.82, 2.24) is 10.6 Å². The number of hydrogen-bond acceptors (Lipinski definition) is 6. The number of rotatable bonds is 4. The topological polar surface area (TPSA) is 103 Å². The van der Waals surface area contributed by atoms with Crippen molar-refractivity contribution < 1.29 is 28.6 Å². The molecule has 1 heterocycles. The van der Waals surface area contributed by atoms with Crippen LogP contribution in [-0.4, -0.2) is 37.3 Å². The number of carbonyl (C=O) groups excluding carboxylic acids is 3. The Labute approximate surface area is 151 Å². The fraction of sp³-hybridized carbons (Fsp3) is 0.500. The maximum absolute atomic E-state index is 12.0. The number of carbonyl (C=O) groups is 3. The highest BCUT2D eigenvalue weighted by Crippen LogP contribution is 2.32. The summed E-state index contributed by atoms with van der Waals surface area (Å²) in [5.74, 6) is 0.0195. The molecule has 1 aromatic carbocycles. The molecule has 2 aliphatic rings. The molecule has 26 heavy (non-hydrogen) atoms. The van der Waals surface area contributed by atoms with Crippen molar-refractivity contribution in [2.45, 2.75) is 38.6 Å². The number of amides is 3. The van der Waals surface area contributed by atoms with Crippen molar-refractivity contribution in [3.8, 4) is 11.5 Å². The van der Waals surface area contributed by atoms with Gasteiger partial charge < -0.3 is 19.5 Å². The maximum atomic E-state index is 12.0. The Kier molecular flexibility index (Phi) is 5.60. The van der Waals surface area contributed by atoms with Crippen molar-refractivity contribution in [3.63, 3.8) is 0 Å². The fourth-order valence-corrected chi connectivity index (χ4v) is 3.14. The molecule has 0 unspecified atom stereocenters. The highest BCUT2D eigenvalue weighted by Gasteiger charge is 2.23. The third-order valence-corrected chi connectivity index (χ3v) is 4.62. The van der Waals surface area contributed by atoms with Crippen LogP contribution >= 0.6 is 0 Å². The second-order valence-corrected chi connectivity index (χ2v) is 6.53. The third kappa shape index (κ3) is 4.44. The fourth-order valence-electron chi connectivity index (χ4n) is 3.14. The minimum atomic E-state index is -0.681. The SMILES string of the molecule is C[C@@H]1CCCC[C@H]1NC(=O)NC(=O)COC(=O)c1ccc2c(c1)OCO2. The van der Waals surface area contributed by atoms with Crippen LogP contribution < -0.4 is 20.1 Å². The number of urea groups is 1. The van der Waals surface area contributed by atoms with E-state index in [0.29, 0.717) is 17.4 Å². The van der Waals surface area contributed by atoms with Crippen molar-refractivity contribution in [1.29, 1.82) is 0 Å². The van der Waals surface area contributed by atoms with Crippen molar-refractivity contribution in [3.05, 3.63) is 23.8 Å². The molecular weight excluding hydrogens is 340 g/mol. The summed E-state index contributed by atoms with van der Waals surface area (Å²) in [6, 6.07) is 4.10. The Bertz CT molecular complexity index is 705. The molecule has 1 aliphatic heterocycles. The minimum Gasteiger partial charge on any atom is -0.454 e. The summed E-state index contributed by atoms with van der Waals surface area (Å²) in [5.41, 5.74) is 0.238. The number of benzene rings is 1. The van der Waals surface area contributed by atoms with Gasteiger partial charge in [-0.3, -0.25) is 10.1 Å². The minimum absolute atomic E-state index is 0.0627. The molecule has 1 fully saturated rings. The average molecular weight is 362 g/mol. The molecule has 0 aromatic heterocycles. The number of esters is 1. The summed E-state index contributed by atoms with van der Waals surface area (Å²) < 4.78 is 15.3. The van der Waals surface area contributed by atoms with E-state index < -0.39 is 24.5 Å². The van der Waals surface area contributed by atoms with Gasteiger partial charge in [0, 0.05) is 6.04 Å². The van der Waals surface area contributed by atoms with E-state index in [2.05, 4.69) is 17.6 Å². The Morgan fingerprint density at radius 2 is 1.92 bits per heavy atom. The molecule has 0 bridgehead atoms. The van der Waals surface area contributed by atoms with Gasteiger partial charge in [0.25, 0.3) is 5.91 Å². The van der Waals surface area contributed by atoms with Gasteiger partial charge in [0.1, 0.15) is 0 Å². The van der Waals surface area contributed by atoms with Crippen LogP contribution in [0.3, 0.4) is 0 Å². The number of hydrogen-bond donors (Lipinski definition) is 2. The highest BCUT2D eigenvalue weighted by atomic mass is 16.7. The molecule has 2 N–H and O–H groups in total. The molecule has 0 spiro atoms. The van der Waals surface area contributed by atoms with Crippen LogP contribution in [0, 0.1) is 5.92 Å². The number of fused-ring (bicyclic) bond motifs is 1. The van der Waals surface area contributed by atoms with Gasteiger partial charge in [0.15, 0.2) is 18.1 Å². The van der Waals surface area contributed by atoms with Crippen LogP contribution in [0.1, 0.15) is 43.0 Å². The summed E-state index contributed by atoms with van der Waals surface area (Å²) in [6.45, 7) is 1.64. The van der Waals surface area contributed by atoms with Crippen molar-refractivity contribution in [2.75, 3.05) is 13.4 Å². The number of nitrogens with one attached hydrogen (secondary N) is 2. The van der Waals surface area contributed by atoms with E-state index >= 15 is 0 Å². The summed E-state index contributed by atoms with van der Waals surface area (Å²) >= 11 is 0. The van der Waals surface area contributed by atoms with Crippen LogP contribution in [0.5, 0.6) is 11.5 Å². The quantitative estimate of drug-likeness (QED) is 0.794. The second-order valence-electron chi connectivity index (χ2n) is 6.53. The zero-order valence-electron chi connectivity index (χ0n) is 14.6. The van der Waals surface area contributed by atoms with Gasteiger partial charge in [0.2, 0.25) is 6.79 Å². The summed E-state index contributed by atoms with van der Waals surface area (Å²) in [4.78, 5) is 35.7. The largest absolute Gasteiger partial charge is 0.454 e. The lowest BCUT2D eigenvalue weighted by molar-refractivity contribution is -0.123. The highest BCUT2D eigenvalue weighted by molar-refractivity contribution is 5.97. The molecule has 0 saturated heterocycles. The first kappa shape index (κ1) is 18.0. The molecule has 1 aromatic rings. The van der Waals surface area contributed by atoms with E-state index in [9.17, 15) is 14.4 Å². The Morgan fingerprint density at radius 3 is 2.73 bits per heavy atom. The maximum Gasteiger partial charge on any atom is 0.338 e. The lowest BCUT2D eigenvalue weighted by atomic mass is 9.86. The van der Waals surface area contributed by atoms with Gasteiger partial charge in [-0.25, -0.2) is 9.59 Å². The van der Waals surface area contributed by atoms with Crippen LogP contribution in [0.2, 0.25) is 0 Å². The smallest absolute Gasteiger partial charge is 0.338 e. The molecule has 8 nitrogen and oxygen atoms in total.